The van der Waals surface area contributed by atoms with Gasteiger partial charge in [-0.2, -0.15) is 0 Å². The maximum Gasteiger partial charge on any atom is 0.0568 e. The molecule has 0 fully saturated rings. The summed E-state index contributed by atoms with van der Waals surface area (Å²) in [7, 11) is 0. The van der Waals surface area contributed by atoms with E-state index in [4.69, 9.17) is 0 Å². The number of anilines is 3. The maximum absolute atomic E-state index is 2.46. The van der Waals surface area contributed by atoms with Crippen molar-refractivity contribution in [1.29, 1.82) is 0 Å². The van der Waals surface area contributed by atoms with Gasteiger partial charge >= 0.3 is 0 Å². The zero-order valence-electron chi connectivity index (χ0n) is 32.3. The van der Waals surface area contributed by atoms with Crippen LogP contribution in [0.3, 0.4) is 0 Å². The highest BCUT2D eigenvalue weighted by atomic mass is 15.1. The first kappa shape index (κ1) is 33.3. The van der Waals surface area contributed by atoms with Gasteiger partial charge in [0.25, 0.3) is 0 Å². The van der Waals surface area contributed by atoms with E-state index in [9.17, 15) is 0 Å². The number of para-hydroxylation sites is 3. The first-order valence-electron chi connectivity index (χ1n) is 19.9. The molecule has 0 unspecified atom stereocenters. The van der Waals surface area contributed by atoms with Crippen LogP contribution in [-0.4, -0.2) is 9.13 Å². The Kier molecular flexibility index (Phi) is 7.42. The Bertz CT molecular complexity index is 3330. The van der Waals surface area contributed by atoms with E-state index < -0.39 is 0 Å². The lowest BCUT2D eigenvalue weighted by Crippen LogP contribution is -2.11. The van der Waals surface area contributed by atoms with E-state index in [0.29, 0.717) is 0 Å². The van der Waals surface area contributed by atoms with Gasteiger partial charge in [-0.3, -0.25) is 0 Å². The van der Waals surface area contributed by atoms with Gasteiger partial charge in [0, 0.05) is 49.7 Å². The normalized spacial score (nSPS) is 12.1. The molecule has 2 heterocycles. The van der Waals surface area contributed by atoms with Crippen LogP contribution >= 0.6 is 0 Å². The highest BCUT2D eigenvalue weighted by Gasteiger charge is 2.24. The number of nitrogens with zero attached hydrogens (tertiary/aromatic N) is 3. The molecule has 0 spiro atoms. The van der Waals surface area contributed by atoms with Crippen LogP contribution in [0.15, 0.2) is 194 Å². The average Bonchev–Trinajstić information content (AvgIpc) is 3.77. The maximum atomic E-state index is 2.46. The summed E-state index contributed by atoms with van der Waals surface area (Å²) in [5.41, 5.74) is 11.8. The second kappa shape index (κ2) is 12.7. The van der Waals surface area contributed by atoms with Gasteiger partial charge in [0.2, 0.25) is 0 Å². The highest BCUT2D eigenvalue weighted by molar-refractivity contribution is 6.30. The Hall–Kier alpha value is -7.10. The van der Waals surface area contributed by atoms with Crippen molar-refractivity contribution in [3.05, 3.63) is 200 Å². The summed E-state index contributed by atoms with van der Waals surface area (Å²) >= 11 is 0. The minimum atomic E-state index is 0.0430. The molecule has 0 N–H and O–H groups in total. The minimum absolute atomic E-state index is 0.0430. The third-order valence-corrected chi connectivity index (χ3v) is 11.8. The molecule has 3 nitrogen and oxygen atoms in total. The van der Waals surface area contributed by atoms with Crippen molar-refractivity contribution in [3.8, 4) is 11.4 Å². The highest BCUT2D eigenvalue weighted by Crippen LogP contribution is 2.47. The van der Waals surface area contributed by atoms with E-state index in [1.807, 2.05) is 0 Å². The van der Waals surface area contributed by atoms with Crippen LogP contribution in [-0.2, 0) is 5.41 Å². The van der Waals surface area contributed by atoms with Crippen molar-refractivity contribution >= 4 is 82.2 Å². The fourth-order valence-electron chi connectivity index (χ4n) is 9.15. The molecule has 0 radical (unpaired) electrons. The number of benzene rings is 9. The summed E-state index contributed by atoms with van der Waals surface area (Å²) in [5, 5.41) is 9.96. The largest absolute Gasteiger partial charge is 0.310 e. The number of hydrogen-bond acceptors (Lipinski definition) is 1. The molecule has 0 aliphatic rings. The second-order valence-corrected chi connectivity index (χ2v) is 16.2. The molecule has 11 aromatic rings. The van der Waals surface area contributed by atoms with Gasteiger partial charge in [-0.05, 0) is 99.9 Å². The molecule has 57 heavy (non-hydrogen) atoms. The molecule has 2 aromatic heterocycles. The quantitative estimate of drug-likeness (QED) is 0.172. The lowest BCUT2D eigenvalue weighted by atomic mass is 9.87. The van der Waals surface area contributed by atoms with E-state index in [1.165, 1.54) is 76.4 Å². The van der Waals surface area contributed by atoms with Crippen LogP contribution in [0, 0.1) is 0 Å². The molecule has 0 aliphatic carbocycles. The van der Waals surface area contributed by atoms with Crippen molar-refractivity contribution in [2.75, 3.05) is 4.90 Å². The van der Waals surface area contributed by atoms with Crippen molar-refractivity contribution in [2.45, 2.75) is 26.2 Å². The standard InChI is InChI=1S/C54H41N3/c1-54(2,3)37-18-16-23-40(33-37)57-47-28-15-14-26-44(47)46-34-41(30-32-48(46)57)55(38-19-6-4-7-20-38)50-35-51-53(45-27-13-12-25-43(45)50)52-42-24-11-10-17-36(42)29-31-49(52)56(51)39-21-8-5-9-22-39/h4-35H,1-3H3. The predicted molar refractivity (Wildman–Crippen MR) is 244 cm³/mol. The summed E-state index contributed by atoms with van der Waals surface area (Å²) in [5.74, 6) is 0. The Morgan fingerprint density at radius 1 is 0.368 bits per heavy atom. The molecule has 0 atom stereocenters. The fraction of sp³-hybridized carbons (Fsp3) is 0.0741. The van der Waals surface area contributed by atoms with E-state index in [0.717, 1.165) is 22.7 Å². The fourth-order valence-corrected chi connectivity index (χ4v) is 9.15. The lowest BCUT2D eigenvalue weighted by Gasteiger charge is -2.27. The molecule has 11 rings (SSSR count). The van der Waals surface area contributed by atoms with Gasteiger partial charge in [0.1, 0.15) is 0 Å². The lowest BCUT2D eigenvalue weighted by molar-refractivity contribution is 0.590. The van der Waals surface area contributed by atoms with E-state index in [-0.39, 0.29) is 5.41 Å². The van der Waals surface area contributed by atoms with Crippen molar-refractivity contribution in [2.24, 2.45) is 0 Å². The first-order chi connectivity index (χ1) is 27.9. The van der Waals surface area contributed by atoms with Gasteiger partial charge in [0.15, 0.2) is 0 Å². The molecule has 0 saturated carbocycles. The van der Waals surface area contributed by atoms with E-state index in [2.05, 4.69) is 229 Å². The topological polar surface area (TPSA) is 13.1 Å². The van der Waals surface area contributed by atoms with E-state index in [1.54, 1.807) is 0 Å². The van der Waals surface area contributed by atoms with Gasteiger partial charge in [-0.1, -0.05) is 142 Å². The summed E-state index contributed by atoms with van der Waals surface area (Å²) in [4.78, 5) is 2.46. The van der Waals surface area contributed by atoms with Crippen LogP contribution in [0.2, 0.25) is 0 Å². The monoisotopic (exact) mass is 731 g/mol. The molecule has 0 bridgehead atoms. The van der Waals surface area contributed by atoms with Crippen molar-refractivity contribution in [1.82, 2.24) is 9.13 Å². The molecule has 0 saturated heterocycles. The molecule has 0 aliphatic heterocycles. The van der Waals surface area contributed by atoms with Gasteiger partial charge in [-0.15, -0.1) is 0 Å². The third kappa shape index (κ3) is 5.19. The molecule has 272 valence electrons. The molecule has 0 amide bonds. The predicted octanol–water partition coefficient (Wildman–Crippen LogP) is 15.0. The Morgan fingerprint density at radius 2 is 0.965 bits per heavy atom. The number of rotatable bonds is 5. The van der Waals surface area contributed by atoms with Gasteiger partial charge < -0.3 is 14.0 Å². The Labute approximate surface area is 332 Å². The number of fused-ring (bicyclic) bond motifs is 10. The van der Waals surface area contributed by atoms with Gasteiger partial charge in [0.05, 0.1) is 27.8 Å². The first-order valence-corrected chi connectivity index (χ1v) is 19.9. The summed E-state index contributed by atoms with van der Waals surface area (Å²) < 4.78 is 4.89. The molecular weight excluding hydrogens is 691 g/mol. The number of aromatic nitrogens is 2. The third-order valence-electron chi connectivity index (χ3n) is 11.8. The van der Waals surface area contributed by atoms with Crippen LogP contribution in [0.25, 0.3) is 76.5 Å². The Morgan fingerprint density at radius 3 is 1.75 bits per heavy atom. The Balaban J connectivity index is 1.23. The molecular formula is C54H41N3. The second-order valence-electron chi connectivity index (χ2n) is 16.2. The van der Waals surface area contributed by atoms with Crippen molar-refractivity contribution in [3.63, 3.8) is 0 Å². The molecule has 9 aromatic carbocycles. The average molecular weight is 732 g/mol. The zero-order chi connectivity index (χ0) is 38.3. The number of hydrogen-bond donors (Lipinski definition) is 0. The van der Waals surface area contributed by atoms with Crippen LogP contribution in [0.4, 0.5) is 17.1 Å². The van der Waals surface area contributed by atoms with Crippen LogP contribution < -0.4 is 4.90 Å². The zero-order valence-corrected chi connectivity index (χ0v) is 32.3. The van der Waals surface area contributed by atoms with Gasteiger partial charge in [-0.25, -0.2) is 0 Å². The minimum Gasteiger partial charge on any atom is -0.310 e. The summed E-state index contributed by atoms with van der Waals surface area (Å²) in [6, 6.07) is 71.3. The molecule has 3 heteroatoms. The van der Waals surface area contributed by atoms with Crippen LogP contribution in [0.1, 0.15) is 26.3 Å². The van der Waals surface area contributed by atoms with E-state index >= 15 is 0 Å². The van der Waals surface area contributed by atoms with Crippen LogP contribution in [0.5, 0.6) is 0 Å². The smallest absolute Gasteiger partial charge is 0.0568 e. The summed E-state index contributed by atoms with van der Waals surface area (Å²) in [6.07, 6.45) is 0. The summed E-state index contributed by atoms with van der Waals surface area (Å²) in [6.45, 7) is 6.85. The van der Waals surface area contributed by atoms with Crippen molar-refractivity contribution < 1.29 is 0 Å². The SMILES string of the molecule is CC(C)(C)c1cccc(-n2c3ccccc3c3cc(N(c4ccccc4)c4cc5c(c6ccccc46)c4c6ccccc6ccc4n5-c4ccccc4)ccc32)c1.